The molecule has 2 aromatic heterocycles. The number of hydrogen-bond donors (Lipinski definition) is 1. The van der Waals surface area contributed by atoms with Crippen LogP contribution in [0.3, 0.4) is 0 Å². The van der Waals surface area contributed by atoms with Crippen molar-refractivity contribution in [3.8, 4) is 0 Å². The summed E-state index contributed by atoms with van der Waals surface area (Å²) in [6.45, 7) is 2.39. The molecule has 1 fully saturated rings. The highest BCUT2D eigenvalue weighted by molar-refractivity contribution is 7.10. The van der Waals surface area contributed by atoms with Crippen molar-refractivity contribution in [1.29, 1.82) is 0 Å². The Labute approximate surface area is 119 Å². The van der Waals surface area contributed by atoms with Gasteiger partial charge in [-0.15, -0.1) is 10.2 Å². The van der Waals surface area contributed by atoms with E-state index in [1.54, 1.807) is 12.4 Å². The van der Waals surface area contributed by atoms with E-state index in [9.17, 15) is 4.79 Å². The molecule has 9 heteroatoms. The number of amides is 2. The first-order chi connectivity index (χ1) is 9.81. The van der Waals surface area contributed by atoms with E-state index < -0.39 is 0 Å². The van der Waals surface area contributed by atoms with Crippen molar-refractivity contribution in [1.82, 2.24) is 29.5 Å². The smallest absolute Gasteiger partial charge is 0.322 e. The first kappa shape index (κ1) is 13.0. The van der Waals surface area contributed by atoms with Crippen molar-refractivity contribution in [2.75, 3.05) is 18.4 Å². The lowest BCUT2D eigenvalue weighted by molar-refractivity contribution is 0.175. The van der Waals surface area contributed by atoms with Crippen LogP contribution in [0.5, 0.6) is 0 Å². The Kier molecular flexibility index (Phi) is 3.86. The fourth-order valence-corrected chi connectivity index (χ4v) is 2.73. The zero-order valence-corrected chi connectivity index (χ0v) is 11.7. The monoisotopic (exact) mass is 293 g/mol. The molecule has 2 aromatic rings. The van der Waals surface area contributed by atoms with Crippen LogP contribution in [0.25, 0.3) is 0 Å². The number of aromatic nitrogens is 5. The van der Waals surface area contributed by atoms with E-state index in [-0.39, 0.29) is 6.03 Å². The van der Waals surface area contributed by atoms with Crippen LogP contribution in [0.1, 0.15) is 12.8 Å². The molecule has 2 amide bonds. The number of nitrogens with one attached hydrogen (secondary N) is 1. The summed E-state index contributed by atoms with van der Waals surface area (Å²) in [5.41, 5.74) is 0. The summed E-state index contributed by atoms with van der Waals surface area (Å²) in [4.78, 5) is 13.9. The van der Waals surface area contributed by atoms with Crippen LogP contribution in [-0.4, -0.2) is 48.6 Å². The van der Waals surface area contributed by atoms with Crippen LogP contribution in [0.4, 0.5) is 9.80 Å². The average molecular weight is 293 g/mol. The number of urea groups is 1. The molecule has 106 valence electrons. The number of rotatable bonds is 3. The van der Waals surface area contributed by atoms with Gasteiger partial charge in [0.25, 0.3) is 0 Å². The Morgan fingerprint density at radius 2 is 2.25 bits per heavy atom. The standard InChI is InChI=1S/C11H15N7OS/c19-11(14-10-7-13-16-20-10)17-4-1-9(2-5-17)8-18-6-3-12-15-18/h3,6-7,9H,1-2,4-5,8H2,(H,14,19). The van der Waals surface area contributed by atoms with E-state index in [0.29, 0.717) is 10.9 Å². The molecule has 3 rings (SSSR count). The highest BCUT2D eigenvalue weighted by atomic mass is 32.1. The van der Waals surface area contributed by atoms with Gasteiger partial charge in [0, 0.05) is 37.4 Å². The van der Waals surface area contributed by atoms with Crippen molar-refractivity contribution in [3.63, 3.8) is 0 Å². The lowest BCUT2D eigenvalue weighted by atomic mass is 9.97. The molecule has 3 heterocycles. The van der Waals surface area contributed by atoms with Gasteiger partial charge in [0.05, 0.1) is 12.4 Å². The molecule has 20 heavy (non-hydrogen) atoms. The lowest BCUT2D eigenvalue weighted by Gasteiger charge is -2.31. The quantitative estimate of drug-likeness (QED) is 0.914. The third-order valence-electron chi connectivity index (χ3n) is 3.41. The molecule has 0 aromatic carbocycles. The zero-order valence-electron chi connectivity index (χ0n) is 10.8. The van der Waals surface area contributed by atoms with Crippen LogP contribution in [0.15, 0.2) is 18.6 Å². The Bertz CT molecular complexity index is 533. The van der Waals surface area contributed by atoms with Crippen LogP contribution in [-0.2, 0) is 6.54 Å². The lowest BCUT2D eigenvalue weighted by Crippen LogP contribution is -2.41. The minimum Gasteiger partial charge on any atom is -0.324 e. The molecule has 0 saturated carbocycles. The molecule has 1 N–H and O–H groups in total. The van der Waals surface area contributed by atoms with Crippen molar-refractivity contribution >= 4 is 22.6 Å². The van der Waals surface area contributed by atoms with Crippen LogP contribution in [0.2, 0.25) is 0 Å². The Morgan fingerprint density at radius 3 is 2.90 bits per heavy atom. The van der Waals surface area contributed by atoms with Gasteiger partial charge in [0.2, 0.25) is 0 Å². The van der Waals surface area contributed by atoms with Gasteiger partial charge in [-0.05, 0) is 18.8 Å². The first-order valence-electron chi connectivity index (χ1n) is 6.48. The molecule has 1 saturated heterocycles. The van der Waals surface area contributed by atoms with Crippen LogP contribution in [0, 0.1) is 5.92 Å². The molecular weight excluding hydrogens is 278 g/mol. The Hall–Kier alpha value is -2.03. The number of carbonyl (C=O) groups is 1. The van der Waals surface area contributed by atoms with Gasteiger partial charge in [-0.25, -0.2) is 4.79 Å². The maximum absolute atomic E-state index is 12.0. The Balaban J connectivity index is 1.47. The van der Waals surface area contributed by atoms with E-state index in [2.05, 4.69) is 25.2 Å². The molecule has 1 aliphatic rings. The molecular formula is C11H15N7OS. The summed E-state index contributed by atoms with van der Waals surface area (Å²) >= 11 is 1.18. The van der Waals surface area contributed by atoms with E-state index in [4.69, 9.17) is 0 Å². The summed E-state index contributed by atoms with van der Waals surface area (Å²) in [5, 5.41) is 15.0. The highest BCUT2D eigenvalue weighted by Gasteiger charge is 2.23. The van der Waals surface area contributed by atoms with Gasteiger partial charge in [0.15, 0.2) is 0 Å². The number of hydrogen-bond acceptors (Lipinski definition) is 6. The van der Waals surface area contributed by atoms with E-state index in [1.807, 2.05) is 15.8 Å². The van der Waals surface area contributed by atoms with Gasteiger partial charge in [-0.2, -0.15) is 0 Å². The van der Waals surface area contributed by atoms with Gasteiger partial charge < -0.3 is 4.90 Å². The summed E-state index contributed by atoms with van der Waals surface area (Å²) in [7, 11) is 0. The molecule has 0 bridgehead atoms. The fourth-order valence-electron chi connectivity index (χ4n) is 2.32. The third kappa shape index (κ3) is 3.10. The fraction of sp³-hybridized carbons (Fsp3) is 0.545. The van der Waals surface area contributed by atoms with Crippen molar-refractivity contribution in [2.45, 2.75) is 19.4 Å². The topological polar surface area (TPSA) is 88.8 Å². The molecule has 0 atom stereocenters. The van der Waals surface area contributed by atoms with E-state index in [1.165, 1.54) is 11.5 Å². The zero-order chi connectivity index (χ0) is 13.8. The number of likely N-dealkylation sites (tertiary alicyclic amines) is 1. The van der Waals surface area contributed by atoms with E-state index >= 15 is 0 Å². The second-order valence-electron chi connectivity index (χ2n) is 4.77. The average Bonchev–Trinajstić information content (AvgIpc) is 3.13. The highest BCUT2D eigenvalue weighted by Crippen LogP contribution is 2.20. The molecule has 0 spiro atoms. The minimum atomic E-state index is -0.0738. The molecule has 1 aliphatic heterocycles. The predicted molar refractivity (Wildman–Crippen MR) is 73.2 cm³/mol. The SMILES string of the molecule is O=C(Nc1cnns1)N1CCC(Cn2ccnn2)CC1. The summed E-state index contributed by atoms with van der Waals surface area (Å²) in [6, 6.07) is -0.0738. The minimum absolute atomic E-state index is 0.0738. The largest absolute Gasteiger partial charge is 0.324 e. The molecule has 8 nitrogen and oxygen atoms in total. The predicted octanol–water partition coefficient (Wildman–Crippen LogP) is 1.07. The number of anilines is 1. The normalized spacial score (nSPS) is 16.3. The second kappa shape index (κ2) is 5.95. The molecule has 0 unspecified atom stereocenters. The van der Waals surface area contributed by atoms with Crippen molar-refractivity contribution < 1.29 is 4.79 Å². The van der Waals surface area contributed by atoms with Crippen LogP contribution < -0.4 is 5.32 Å². The Morgan fingerprint density at radius 1 is 1.40 bits per heavy atom. The third-order valence-corrected chi connectivity index (χ3v) is 3.99. The van der Waals surface area contributed by atoms with Crippen molar-refractivity contribution in [2.24, 2.45) is 5.92 Å². The molecule has 0 aliphatic carbocycles. The van der Waals surface area contributed by atoms with Gasteiger partial charge in [0.1, 0.15) is 5.00 Å². The summed E-state index contributed by atoms with van der Waals surface area (Å²) in [5.74, 6) is 0.547. The first-order valence-corrected chi connectivity index (χ1v) is 7.26. The van der Waals surface area contributed by atoms with Gasteiger partial charge >= 0.3 is 6.03 Å². The number of carbonyl (C=O) groups excluding carboxylic acids is 1. The number of piperidine rings is 1. The number of nitrogens with zero attached hydrogens (tertiary/aromatic N) is 6. The maximum Gasteiger partial charge on any atom is 0.322 e. The van der Waals surface area contributed by atoms with Gasteiger partial charge in [-0.1, -0.05) is 9.70 Å². The summed E-state index contributed by atoms with van der Waals surface area (Å²) in [6.07, 6.45) is 7.07. The molecule has 0 radical (unpaired) electrons. The second-order valence-corrected chi connectivity index (χ2v) is 5.55. The van der Waals surface area contributed by atoms with Crippen molar-refractivity contribution in [3.05, 3.63) is 18.6 Å². The summed E-state index contributed by atoms with van der Waals surface area (Å²) < 4.78 is 5.57. The van der Waals surface area contributed by atoms with Gasteiger partial charge in [-0.3, -0.25) is 10.00 Å². The van der Waals surface area contributed by atoms with Crippen LogP contribution >= 0.6 is 11.5 Å². The van der Waals surface area contributed by atoms with E-state index in [0.717, 1.165) is 32.5 Å². The maximum atomic E-state index is 12.0.